The van der Waals surface area contributed by atoms with Crippen molar-refractivity contribution in [3.8, 4) is 0 Å². The fourth-order valence-corrected chi connectivity index (χ4v) is 3.63. The van der Waals surface area contributed by atoms with Gasteiger partial charge in [-0.2, -0.15) is 0 Å². The highest BCUT2D eigenvalue weighted by Crippen LogP contribution is 2.39. The van der Waals surface area contributed by atoms with E-state index in [4.69, 9.17) is 0 Å². The molecule has 0 aliphatic heterocycles. The number of hydrogen-bond donors (Lipinski definition) is 1. The molecule has 1 N–H and O–H groups in total. The van der Waals surface area contributed by atoms with Crippen LogP contribution in [0.15, 0.2) is 24.3 Å². The van der Waals surface area contributed by atoms with Crippen molar-refractivity contribution in [2.45, 2.75) is 53.0 Å². The summed E-state index contributed by atoms with van der Waals surface area (Å²) in [5.41, 5.74) is 1.95. The summed E-state index contributed by atoms with van der Waals surface area (Å²) in [4.78, 5) is 26.1. The Balaban J connectivity index is 1.87. The van der Waals surface area contributed by atoms with Crippen LogP contribution in [0.4, 0.5) is 0 Å². The number of hydrogen-bond acceptors (Lipinski definition) is 2. The van der Waals surface area contributed by atoms with E-state index in [0.717, 1.165) is 31.2 Å². The van der Waals surface area contributed by atoms with Gasteiger partial charge in [-0.15, -0.1) is 0 Å². The zero-order chi connectivity index (χ0) is 18.6. The fraction of sp³-hybridized carbons (Fsp3) is 0.619. The molecule has 0 unspecified atom stereocenters. The van der Waals surface area contributed by atoms with Crippen LogP contribution < -0.4 is 5.32 Å². The van der Waals surface area contributed by atoms with Gasteiger partial charge < -0.3 is 10.2 Å². The van der Waals surface area contributed by atoms with Crippen LogP contribution in [0.3, 0.4) is 0 Å². The van der Waals surface area contributed by atoms with Gasteiger partial charge in [-0.1, -0.05) is 32.9 Å². The average Bonchev–Trinajstić information content (AvgIpc) is 2.58. The minimum absolute atomic E-state index is 0.0197. The van der Waals surface area contributed by atoms with Gasteiger partial charge in [0.25, 0.3) is 5.91 Å². The Labute approximate surface area is 152 Å². The molecule has 2 rings (SSSR count). The third-order valence-corrected chi connectivity index (χ3v) is 5.37. The zero-order valence-electron chi connectivity index (χ0n) is 16.3. The maximum Gasteiger partial charge on any atom is 0.253 e. The lowest BCUT2D eigenvalue weighted by molar-refractivity contribution is -0.126. The van der Waals surface area contributed by atoms with Crippen molar-refractivity contribution in [3.63, 3.8) is 0 Å². The Morgan fingerprint density at radius 1 is 1.12 bits per heavy atom. The number of rotatable bonds is 4. The second kappa shape index (κ2) is 8.03. The van der Waals surface area contributed by atoms with Crippen molar-refractivity contribution in [2.24, 2.45) is 17.3 Å². The van der Waals surface area contributed by atoms with Crippen LogP contribution in [0.1, 0.15) is 62.4 Å². The van der Waals surface area contributed by atoms with Gasteiger partial charge in [0.15, 0.2) is 0 Å². The molecule has 138 valence electrons. The maximum atomic E-state index is 12.5. The summed E-state index contributed by atoms with van der Waals surface area (Å²) in [6.07, 6.45) is 4.22. The van der Waals surface area contributed by atoms with Gasteiger partial charge in [0.05, 0.1) is 0 Å². The highest BCUT2D eigenvalue weighted by Gasteiger charge is 2.32. The summed E-state index contributed by atoms with van der Waals surface area (Å²) in [5, 5.41) is 3.05. The van der Waals surface area contributed by atoms with Gasteiger partial charge in [-0.25, -0.2) is 0 Å². The van der Waals surface area contributed by atoms with E-state index in [0.29, 0.717) is 23.4 Å². The van der Waals surface area contributed by atoms with E-state index < -0.39 is 0 Å². The molecular formula is C21H32N2O2. The van der Waals surface area contributed by atoms with Crippen LogP contribution in [0, 0.1) is 17.3 Å². The minimum atomic E-state index is -0.0197. The molecular weight excluding hydrogens is 312 g/mol. The summed E-state index contributed by atoms with van der Waals surface area (Å²) in [5.74, 6) is 0.973. The lowest BCUT2D eigenvalue weighted by Crippen LogP contribution is -2.35. The van der Waals surface area contributed by atoms with Crippen molar-refractivity contribution in [1.82, 2.24) is 10.2 Å². The number of nitrogens with zero attached hydrogens (tertiary/aromatic N) is 1. The summed E-state index contributed by atoms with van der Waals surface area (Å²) in [6, 6.07) is 7.48. The molecule has 0 heterocycles. The Hall–Kier alpha value is -1.84. The standard InChI is InChI=1S/C21H32N2O2/c1-21(2,3)18-11-9-16(10-12-18)19(24)22-14-15-7-6-8-17(13-15)20(25)23(4)5/h6-8,13,16,18H,9-12,14H2,1-5H3,(H,22,24). The topological polar surface area (TPSA) is 49.4 Å². The number of carbonyl (C=O) groups is 2. The zero-order valence-corrected chi connectivity index (χ0v) is 16.3. The molecule has 0 aromatic heterocycles. The summed E-state index contributed by atoms with van der Waals surface area (Å²) < 4.78 is 0. The van der Waals surface area contributed by atoms with Crippen LogP contribution in [0.25, 0.3) is 0 Å². The normalized spacial score (nSPS) is 20.8. The number of nitrogens with one attached hydrogen (secondary N) is 1. The minimum Gasteiger partial charge on any atom is -0.352 e. The van der Waals surface area contributed by atoms with Crippen molar-refractivity contribution in [3.05, 3.63) is 35.4 Å². The third-order valence-electron chi connectivity index (χ3n) is 5.37. The molecule has 0 spiro atoms. The van der Waals surface area contributed by atoms with Crippen LogP contribution in [0.5, 0.6) is 0 Å². The monoisotopic (exact) mass is 344 g/mol. The van der Waals surface area contributed by atoms with E-state index >= 15 is 0 Å². The molecule has 0 atom stereocenters. The first-order valence-electron chi connectivity index (χ1n) is 9.27. The van der Waals surface area contributed by atoms with E-state index in [2.05, 4.69) is 26.1 Å². The van der Waals surface area contributed by atoms with Gasteiger partial charge in [0.1, 0.15) is 0 Å². The van der Waals surface area contributed by atoms with Gasteiger partial charge in [-0.3, -0.25) is 9.59 Å². The Morgan fingerprint density at radius 2 is 1.76 bits per heavy atom. The lowest BCUT2D eigenvalue weighted by atomic mass is 9.69. The van der Waals surface area contributed by atoms with E-state index in [9.17, 15) is 9.59 Å². The number of benzene rings is 1. The molecule has 1 fully saturated rings. The molecule has 2 amide bonds. The summed E-state index contributed by atoms with van der Waals surface area (Å²) in [6.45, 7) is 7.35. The highest BCUT2D eigenvalue weighted by atomic mass is 16.2. The lowest BCUT2D eigenvalue weighted by Gasteiger charge is -2.36. The average molecular weight is 344 g/mol. The Morgan fingerprint density at radius 3 is 2.32 bits per heavy atom. The van der Waals surface area contributed by atoms with Gasteiger partial charge in [-0.05, 0) is 54.7 Å². The van der Waals surface area contributed by atoms with E-state index in [1.807, 2.05) is 18.2 Å². The molecule has 0 saturated heterocycles. The molecule has 1 aliphatic rings. The SMILES string of the molecule is CN(C)C(=O)c1cccc(CNC(=O)C2CCC(C(C)(C)C)CC2)c1. The first-order chi connectivity index (χ1) is 11.7. The fourth-order valence-electron chi connectivity index (χ4n) is 3.63. The largest absolute Gasteiger partial charge is 0.352 e. The van der Waals surface area contributed by atoms with E-state index in [-0.39, 0.29) is 17.7 Å². The summed E-state index contributed by atoms with van der Waals surface area (Å²) >= 11 is 0. The van der Waals surface area contributed by atoms with Crippen LogP contribution in [-0.4, -0.2) is 30.8 Å². The molecule has 4 heteroatoms. The Kier molecular flexibility index (Phi) is 6.26. The third kappa shape index (κ3) is 5.32. The Bertz CT molecular complexity index is 609. The molecule has 0 bridgehead atoms. The number of amides is 2. The maximum absolute atomic E-state index is 12.5. The van der Waals surface area contributed by atoms with E-state index in [1.54, 1.807) is 25.1 Å². The van der Waals surface area contributed by atoms with Gasteiger partial charge >= 0.3 is 0 Å². The predicted octanol–water partition coefficient (Wildman–Crippen LogP) is 3.86. The number of carbonyl (C=O) groups excluding carboxylic acids is 2. The first-order valence-corrected chi connectivity index (χ1v) is 9.27. The quantitative estimate of drug-likeness (QED) is 0.902. The van der Waals surface area contributed by atoms with Crippen molar-refractivity contribution in [1.29, 1.82) is 0 Å². The van der Waals surface area contributed by atoms with Crippen LogP contribution >= 0.6 is 0 Å². The first kappa shape index (κ1) is 19.5. The molecule has 1 saturated carbocycles. The smallest absolute Gasteiger partial charge is 0.253 e. The summed E-state index contributed by atoms with van der Waals surface area (Å²) in [7, 11) is 3.48. The van der Waals surface area contributed by atoms with Crippen molar-refractivity contribution >= 4 is 11.8 Å². The molecule has 1 aromatic carbocycles. The molecule has 4 nitrogen and oxygen atoms in total. The van der Waals surface area contributed by atoms with Crippen molar-refractivity contribution < 1.29 is 9.59 Å². The highest BCUT2D eigenvalue weighted by molar-refractivity contribution is 5.94. The van der Waals surface area contributed by atoms with Crippen molar-refractivity contribution in [2.75, 3.05) is 14.1 Å². The second-order valence-corrected chi connectivity index (χ2v) is 8.53. The molecule has 1 aromatic rings. The van der Waals surface area contributed by atoms with Gasteiger partial charge in [0.2, 0.25) is 5.91 Å². The second-order valence-electron chi connectivity index (χ2n) is 8.53. The van der Waals surface area contributed by atoms with Crippen LogP contribution in [-0.2, 0) is 11.3 Å². The predicted molar refractivity (Wildman–Crippen MR) is 101 cm³/mol. The molecule has 0 radical (unpaired) electrons. The van der Waals surface area contributed by atoms with E-state index in [1.165, 1.54) is 0 Å². The van der Waals surface area contributed by atoms with Crippen LogP contribution in [0.2, 0.25) is 0 Å². The van der Waals surface area contributed by atoms with Gasteiger partial charge in [0, 0.05) is 32.1 Å². The molecule has 25 heavy (non-hydrogen) atoms. The molecule has 1 aliphatic carbocycles.